The van der Waals surface area contributed by atoms with Crippen molar-refractivity contribution in [3.8, 4) is 0 Å². The van der Waals surface area contributed by atoms with Gasteiger partial charge in [-0.05, 0) is 38.0 Å². The molecule has 0 atom stereocenters. The van der Waals surface area contributed by atoms with E-state index < -0.39 is 5.60 Å². The zero-order chi connectivity index (χ0) is 13.2. The maximum Gasteiger partial charge on any atom is 0.0775 e. The fraction of sp³-hybridized carbons (Fsp3) is 0.333. The van der Waals surface area contributed by atoms with Crippen molar-refractivity contribution in [1.82, 2.24) is 4.98 Å². The van der Waals surface area contributed by atoms with Crippen LogP contribution in [-0.2, 0) is 6.42 Å². The number of aliphatic hydroxyl groups excluding tert-OH is 1. The van der Waals surface area contributed by atoms with Crippen molar-refractivity contribution in [3.63, 3.8) is 0 Å². The van der Waals surface area contributed by atoms with Gasteiger partial charge in [0.2, 0.25) is 0 Å². The maximum atomic E-state index is 9.72. The minimum absolute atomic E-state index is 0.116. The lowest BCUT2D eigenvalue weighted by Crippen LogP contribution is -2.13. The summed E-state index contributed by atoms with van der Waals surface area (Å²) in [4.78, 5) is 3.31. The molecule has 0 spiro atoms. The Kier molecular flexibility index (Phi) is 3.55. The predicted molar refractivity (Wildman–Crippen MR) is 74.4 cm³/mol. The summed E-state index contributed by atoms with van der Waals surface area (Å²) in [5.74, 6) is 0. The van der Waals surface area contributed by atoms with Crippen molar-refractivity contribution >= 4 is 17.0 Å². The normalized spacial score (nSPS) is 12.7. The van der Waals surface area contributed by atoms with Crippen LogP contribution < -0.4 is 0 Å². The summed E-state index contributed by atoms with van der Waals surface area (Å²) in [5.41, 5.74) is 2.26. The van der Waals surface area contributed by atoms with Gasteiger partial charge in [-0.2, -0.15) is 0 Å². The minimum atomic E-state index is -0.840. The molecule has 0 fully saturated rings. The first-order valence-electron chi connectivity index (χ1n) is 6.13. The molecule has 0 aliphatic rings. The second-order valence-corrected chi connectivity index (χ2v) is 5.02. The Hall–Kier alpha value is -1.58. The van der Waals surface area contributed by atoms with Crippen LogP contribution >= 0.6 is 0 Å². The Labute approximate surface area is 107 Å². The van der Waals surface area contributed by atoms with Crippen molar-refractivity contribution in [3.05, 3.63) is 41.6 Å². The van der Waals surface area contributed by atoms with Crippen molar-refractivity contribution in [2.24, 2.45) is 0 Å². The van der Waals surface area contributed by atoms with Crippen LogP contribution in [0.4, 0.5) is 0 Å². The van der Waals surface area contributed by atoms with Gasteiger partial charge in [-0.15, -0.1) is 0 Å². The van der Waals surface area contributed by atoms with E-state index in [2.05, 4.69) is 4.98 Å². The SMILES string of the molecule is CC(C)(O)/C=C/c1[nH]c2ccccc2c1CCO. The predicted octanol–water partition coefficient (Wildman–Crippen LogP) is 2.49. The van der Waals surface area contributed by atoms with Crippen LogP contribution in [0.1, 0.15) is 25.1 Å². The Morgan fingerprint density at radius 2 is 2.00 bits per heavy atom. The third-order valence-corrected chi connectivity index (χ3v) is 2.87. The van der Waals surface area contributed by atoms with Gasteiger partial charge in [0, 0.05) is 23.2 Å². The van der Waals surface area contributed by atoms with Crippen LogP contribution in [0.2, 0.25) is 0 Å². The first-order valence-corrected chi connectivity index (χ1v) is 6.13. The summed E-state index contributed by atoms with van der Waals surface area (Å²) in [6, 6.07) is 8.02. The quantitative estimate of drug-likeness (QED) is 0.775. The molecular weight excluding hydrogens is 226 g/mol. The number of nitrogens with one attached hydrogen (secondary N) is 1. The molecule has 0 radical (unpaired) electrons. The largest absolute Gasteiger partial charge is 0.396 e. The lowest BCUT2D eigenvalue weighted by Gasteiger charge is -2.10. The molecule has 0 bridgehead atoms. The molecule has 2 aromatic rings. The van der Waals surface area contributed by atoms with Crippen molar-refractivity contribution in [2.75, 3.05) is 6.61 Å². The van der Waals surface area contributed by atoms with Gasteiger partial charge in [-0.1, -0.05) is 24.3 Å². The highest BCUT2D eigenvalue weighted by Crippen LogP contribution is 2.24. The molecule has 1 aromatic carbocycles. The highest BCUT2D eigenvalue weighted by molar-refractivity contribution is 5.87. The summed E-state index contributed by atoms with van der Waals surface area (Å²) in [6.45, 7) is 3.58. The summed E-state index contributed by atoms with van der Waals surface area (Å²) in [6.07, 6.45) is 4.24. The number of para-hydroxylation sites is 1. The van der Waals surface area contributed by atoms with Crippen molar-refractivity contribution in [2.45, 2.75) is 25.9 Å². The highest BCUT2D eigenvalue weighted by atomic mass is 16.3. The monoisotopic (exact) mass is 245 g/mol. The van der Waals surface area contributed by atoms with E-state index in [1.165, 1.54) is 0 Å². The van der Waals surface area contributed by atoms with Gasteiger partial charge in [0.05, 0.1) is 5.60 Å². The van der Waals surface area contributed by atoms with Gasteiger partial charge in [0.25, 0.3) is 0 Å². The molecule has 2 rings (SSSR count). The molecule has 0 saturated heterocycles. The Morgan fingerprint density at radius 3 is 2.67 bits per heavy atom. The van der Waals surface area contributed by atoms with Crippen LogP contribution in [0.3, 0.4) is 0 Å². The number of hydrogen-bond acceptors (Lipinski definition) is 2. The number of hydrogen-bond donors (Lipinski definition) is 3. The third kappa shape index (κ3) is 2.81. The summed E-state index contributed by atoms with van der Waals surface area (Å²) in [7, 11) is 0. The topological polar surface area (TPSA) is 56.2 Å². The van der Waals surface area contributed by atoms with E-state index in [1.807, 2.05) is 30.3 Å². The second-order valence-electron chi connectivity index (χ2n) is 5.02. The molecule has 0 aliphatic carbocycles. The minimum Gasteiger partial charge on any atom is -0.396 e. The standard InChI is InChI=1S/C15H19NO2/c1-15(2,18)9-7-14-12(8-10-17)11-5-3-4-6-13(11)16-14/h3-7,9,16-18H,8,10H2,1-2H3/b9-7+. The van der Waals surface area contributed by atoms with Gasteiger partial charge < -0.3 is 15.2 Å². The lowest BCUT2D eigenvalue weighted by atomic mass is 10.1. The van der Waals surface area contributed by atoms with E-state index in [1.54, 1.807) is 19.9 Å². The van der Waals surface area contributed by atoms with Crippen LogP contribution in [0.25, 0.3) is 17.0 Å². The number of H-pyrrole nitrogens is 1. The van der Waals surface area contributed by atoms with Crippen LogP contribution in [0, 0.1) is 0 Å². The van der Waals surface area contributed by atoms with E-state index in [9.17, 15) is 5.11 Å². The molecule has 18 heavy (non-hydrogen) atoms. The smallest absolute Gasteiger partial charge is 0.0775 e. The van der Waals surface area contributed by atoms with Gasteiger partial charge in [-0.25, -0.2) is 0 Å². The zero-order valence-electron chi connectivity index (χ0n) is 10.8. The summed E-state index contributed by atoms with van der Waals surface area (Å²) < 4.78 is 0. The lowest BCUT2D eigenvalue weighted by molar-refractivity contribution is 0.134. The maximum absolute atomic E-state index is 9.72. The fourth-order valence-electron chi connectivity index (χ4n) is 2.03. The van der Waals surface area contributed by atoms with E-state index in [0.29, 0.717) is 6.42 Å². The first-order chi connectivity index (χ1) is 8.51. The number of benzene rings is 1. The van der Waals surface area contributed by atoms with Gasteiger partial charge in [0.1, 0.15) is 0 Å². The number of aliphatic hydroxyl groups is 2. The second kappa shape index (κ2) is 4.96. The highest BCUT2D eigenvalue weighted by Gasteiger charge is 2.11. The number of fused-ring (bicyclic) bond motifs is 1. The van der Waals surface area contributed by atoms with Crippen LogP contribution in [0.15, 0.2) is 30.3 Å². The van der Waals surface area contributed by atoms with E-state index in [0.717, 1.165) is 22.2 Å². The Balaban J connectivity index is 2.49. The molecule has 3 nitrogen and oxygen atoms in total. The molecule has 1 aromatic heterocycles. The molecule has 1 heterocycles. The number of aromatic nitrogens is 1. The molecule has 96 valence electrons. The van der Waals surface area contributed by atoms with Crippen molar-refractivity contribution in [1.29, 1.82) is 0 Å². The average Bonchev–Trinajstić information content (AvgIpc) is 2.65. The first kappa shape index (κ1) is 12.9. The van der Waals surface area contributed by atoms with E-state index in [-0.39, 0.29) is 6.61 Å². The van der Waals surface area contributed by atoms with Gasteiger partial charge in [0.15, 0.2) is 0 Å². The molecule has 0 saturated carbocycles. The van der Waals surface area contributed by atoms with Gasteiger partial charge >= 0.3 is 0 Å². The van der Waals surface area contributed by atoms with Crippen LogP contribution in [0.5, 0.6) is 0 Å². The summed E-state index contributed by atoms with van der Waals surface area (Å²) in [5, 5.41) is 20.0. The molecule has 3 heteroatoms. The Bertz CT molecular complexity index is 561. The van der Waals surface area contributed by atoms with Crippen molar-refractivity contribution < 1.29 is 10.2 Å². The molecule has 3 N–H and O–H groups in total. The fourth-order valence-corrected chi connectivity index (χ4v) is 2.03. The van der Waals surface area contributed by atoms with Gasteiger partial charge in [-0.3, -0.25) is 0 Å². The zero-order valence-corrected chi connectivity index (χ0v) is 10.8. The molecular formula is C15H19NO2. The molecule has 0 amide bonds. The van der Waals surface area contributed by atoms with Crippen LogP contribution in [-0.4, -0.2) is 27.4 Å². The Morgan fingerprint density at radius 1 is 1.28 bits per heavy atom. The average molecular weight is 245 g/mol. The molecule has 0 unspecified atom stereocenters. The third-order valence-electron chi connectivity index (χ3n) is 2.87. The van der Waals surface area contributed by atoms with E-state index in [4.69, 9.17) is 5.11 Å². The molecule has 0 aliphatic heterocycles. The number of aromatic amines is 1. The number of rotatable bonds is 4. The van der Waals surface area contributed by atoms with E-state index >= 15 is 0 Å². The summed E-state index contributed by atoms with van der Waals surface area (Å²) >= 11 is 0.